The minimum absolute atomic E-state index is 0.0535. The van der Waals surface area contributed by atoms with Crippen molar-refractivity contribution < 1.29 is 0 Å². The number of aromatic nitrogens is 1. The Morgan fingerprint density at radius 3 is 2.08 bits per heavy atom. The number of allylic oxidation sites excluding steroid dienone is 2. The lowest BCUT2D eigenvalue weighted by molar-refractivity contribution is 0.502. The van der Waals surface area contributed by atoms with E-state index in [0.717, 1.165) is 5.69 Å². The van der Waals surface area contributed by atoms with Gasteiger partial charge >= 0.3 is 0 Å². The number of nitrogens with zero attached hydrogens (tertiary/aromatic N) is 1. The van der Waals surface area contributed by atoms with Crippen LogP contribution in [0.25, 0.3) is 38.6 Å². The Labute approximate surface area is 235 Å². The van der Waals surface area contributed by atoms with E-state index < -0.39 is 0 Å². The summed E-state index contributed by atoms with van der Waals surface area (Å²) in [6.07, 6.45) is 3.72. The van der Waals surface area contributed by atoms with E-state index in [4.69, 9.17) is 5.73 Å². The van der Waals surface area contributed by atoms with Crippen molar-refractivity contribution in [2.45, 2.75) is 26.2 Å². The molecule has 0 fully saturated rings. The number of anilines is 1. The monoisotopic (exact) mass is 522 g/mol. The molecular formula is C36H34N4. The molecule has 6 aromatic rings. The van der Waals surface area contributed by atoms with Crippen LogP contribution in [0.2, 0.25) is 0 Å². The van der Waals surface area contributed by atoms with Gasteiger partial charge in [-0.15, -0.1) is 0 Å². The SMILES string of the molecule is C/C=C\C.NC1Nc2ccccc2C(c2ccc(-c3ccc4c(c3)c3ccccc3n4-c3ccccc3)cc2)N1. The number of hydrogen-bond donors (Lipinski definition) is 3. The van der Waals surface area contributed by atoms with Crippen molar-refractivity contribution in [2.75, 3.05) is 5.32 Å². The normalized spacial score (nSPS) is 16.4. The van der Waals surface area contributed by atoms with E-state index in [0.29, 0.717) is 0 Å². The Balaban J connectivity index is 0.000000680. The molecule has 4 nitrogen and oxygen atoms in total. The molecule has 2 atom stereocenters. The number of nitrogens with two attached hydrogens (primary N) is 1. The van der Waals surface area contributed by atoms with E-state index in [1.165, 1.54) is 49.7 Å². The highest BCUT2D eigenvalue weighted by Gasteiger charge is 2.24. The fourth-order valence-electron chi connectivity index (χ4n) is 5.51. The highest BCUT2D eigenvalue weighted by Crippen LogP contribution is 2.36. The second-order valence-electron chi connectivity index (χ2n) is 10.0. The van der Waals surface area contributed by atoms with Gasteiger partial charge in [0.2, 0.25) is 0 Å². The van der Waals surface area contributed by atoms with Crippen LogP contribution in [0.5, 0.6) is 0 Å². The first-order chi connectivity index (χ1) is 19.7. The molecule has 1 aliphatic heterocycles. The van der Waals surface area contributed by atoms with Crippen molar-refractivity contribution in [3.8, 4) is 16.8 Å². The fraction of sp³-hybridized carbons (Fsp3) is 0.111. The zero-order valence-electron chi connectivity index (χ0n) is 22.9. The maximum atomic E-state index is 6.22. The van der Waals surface area contributed by atoms with Crippen LogP contribution in [0.15, 0.2) is 133 Å². The molecule has 5 aromatic carbocycles. The zero-order chi connectivity index (χ0) is 27.5. The van der Waals surface area contributed by atoms with Crippen molar-refractivity contribution in [1.29, 1.82) is 0 Å². The van der Waals surface area contributed by atoms with E-state index in [2.05, 4.69) is 130 Å². The molecule has 0 saturated carbocycles. The smallest absolute Gasteiger partial charge is 0.130 e. The van der Waals surface area contributed by atoms with Gasteiger partial charge in [0, 0.05) is 22.1 Å². The maximum absolute atomic E-state index is 6.22. The Bertz CT molecular complexity index is 1780. The first-order valence-corrected chi connectivity index (χ1v) is 13.8. The molecule has 1 aliphatic rings. The first-order valence-electron chi connectivity index (χ1n) is 13.8. The summed E-state index contributed by atoms with van der Waals surface area (Å²) in [6.45, 7) is 4.00. The van der Waals surface area contributed by atoms with Gasteiger partial charge in [0.05, 0.1) is 17.1 Å². The fourth-order valence-corrected chi connectivity index (χ4v) is 5.51. The number of fused-ring (bicyclic) bond motifs is 4. The van der Waals surface area contributed by atoms with Gasteiger partial charge in [0.15, 0.2) is 0 Å². The summed E-state index contributed by atoms with van der Waals surface area (Å²) in [5.41, 5.74) is 15.7. The number of benzene rings is 5. The van der Waals surface area contributed by atoms with Crippen molar-refractivity contribution in [3.05, 3.63) is 145 Å². The number of rotatable bonds is 3. The minimum atomic E-state index is -0.283. The summed E-state index contributed by atoms with van der Waals surface area (Å²) in [5.74, 6) is 0. The molecule has 7 rings (SSSR count). The molecule has 0 aliphatic carbocycles. The van der Waals surface area contributed by atoms with Gasteiger partial charge < -0.3 is 9.88 Å². The van der Waals surface area contributed by atoms with E-state index in [1.807, 2.05) is 32.1 Å². The molecule has 40 heavy (non-hydrogen) atoms. The highest BCUT2D eigenvalue weighted by molar-refractivity contribution is 6.10. The van der Waals surface area contributed by atoms with Crippen molar-refractivity contribution in [3.63, 3.8) is 0 Å². The van der Waals surface area contributed by atoms with Crippen LogP contribution in [-0.4, -0.2) is 10.9 Å². The van der Waals surface area contributed by atoms with Crippen molar-refractivity contribution >= 4 is 27.5 Å². The number of hydrogen-bond acceptors (Lipinski definition) is 3. The Morgan fingerprint density at radius 1 is 0.650 bits per heavy atom. The molecule has 0 spiro atoms. The Kier molecular flexibility index (Phi) is 7.19. The molecule has 4 heteroatoms. The van der Waals surface area contributed by atoms with Crippen LogP contribution in [-0.2, 0) is 0 Å². The van der Waals surface area contributed by atoms with Crippen LogP contribution in [0, 0.1) is 0 Å². The van der Waals surface area contributed by atoms with Crippen LogP contribution in [0.4, 0.5) is 5.69 Å². The lowest BCUT2D eigenvalue weighted by atomic mass is 9.93. The molecule has 4 N–H and O–H groups in total. The summed E-state index contributed by atoms with van der Waals surface area (Å²) >= 11 is 0. The maximum Gasteiger partial charge on any atom is 0.130 e. The van der Waals surface area contributed by atoms with Gasteiger partial charge in [-0.25, -0.2) is 0 Å². The van der Waals surface area contributed by atoms with E-state index in [-0.39, 0.29) is 12.3 Å². The van der Waals surface area contributed by atoms with Crippen LogP contribution in [0.1, 0.15) is 31.0 Å². The van der Waals surface area contributed by atoms with Gasteiger partial charge in [-0.1, -0.05) is 97.1 Å². The van der Waals surface area contributed by atoms with Crippen LogP contribution < -0.4 is 16.4 Å². The van der Waals surface area contributed by atoms with E-state index >= 15 is 0 Å². The van der Waals surface area contributed by atoms with E-state index in [9.17, 15) is 0 Å². The average molecular weight is 523 g/mol. The standard InChI is InChI=1S/C32H26N4.C4H8/c33-32-34-28-12-6-4-11-26(28)31(35-32)22-16-14-21(15-17-22)23-18-19-30-27(20-23)25-10-5-7-13-29(25)36(30)24-8-2-1-3-9-24;1-3-4-2/h1-20,31-32,34-35H,33H2;3-4H,1-2H3/b;4-3-. The predicted octanol–water partition coefficient (Wildman–Crippen LogP) is 8.38. The highest BCUT2D eigenvalue weighted by atomic mass is 15.3. The number of nitrogens with one attached hydrogen (secondary N) is 2. The molecule has 1 aromatic heterocycles. The largest absolute Gasteiger partial charge is 0.357 e. The predicted molar refractivity (Wildman–Crippen MR) is 170 cm³/mol. The summed E-state index contributed by atoms with van der Waals surface area (Å²) in [7, 11) is 0. The summed E-state index contributed by atoms with van der Waals surface area (Å²) < 4.78 is 2.35. The molecule has 0 bridgehead atoms. The quantitative estimate of drug-likeness (QED) is 0.205. The van der Waals surface area contributed by atoms with Crippen molar-refractivity contribution in [1.82, 2.24) is 9.88 Å². The summed E-state index contributed by atoms with van der Waals surface area (Å²) in [6, 6.07) is 43.2. The minimum Gasteiger partial charge on any atom is -0.357 e. The number of para-hydroxylation sites is 3. The third-order valence-electron chi connectivity index (χ3n) is 7.53. The average Bonchev–Trinajstić information content (AvgIpc) is 3.35. The Hall–Kier alpha value is -4.64. The third kappa shape index (κ3) is 4.79. The molecule has 198 valence electrons. The van der Waals surface area contributed by atoms with Gasteiger partial charge in [0.25, 0.3) is 0 Å². The first kappa shape index (κ1) is 25.6. The molecular weight excluding hydrogens is 488 g/mol. The lowest BCUT2D eigenvalue weighted by Crippen LogP contribution is -2.49. The zero-order valence-corrected chi connectivity index (χ0v) is 22.9. The second-order valence-corrected chi connectivity index (χ2v) is 10.0. The topological polar surface area (TPSA) is 55.0 Å². The molecule has 0 saturated heterocycles. The Morgan fingerprint density at radius 2 is 1.30 bits per heavy atom. The van der Waals surface area contributed by atoms with Crippen LogP contribution in [0.3, 0.4) is 0 Å². The van der Waals surface area contributed by atoms with Gasteiger partial charge in [-0.05, 0) is 72.5 Å². The van der Waals surface area contributed by atoms with Crippen LogP contribution >= 0.6 is 0 Å². The lowest BCUT2D eigenvalue weighted by Gasteiger charge is -2.33. The summed E-state index contributed by atoms with van der Waals surface area (Å²) in [4.78, 5) is 0. The van der Waals surface area contributed by atoms with Crippen molar-refractivity contribution in [2.24, 2.45) is 5.73 Å². The summed E-state index contributed by atoms with van der Waals surface area (Å²) in [5, 5.41) is 9.30. The van der Waals surface area contributed by atoms with E-state index in [1.54, 1.807) is 0 Å². The molecule has 2 unspecified atom stereocenters. The molecule has 0 amide bonds. The van der Waals surface area contributed by atoms with Gasteiger partial charge in [0.1, 0.15) is 6.29 Å². The third-order valence-corrected chi connectivity index (χ3v) is 7.53. The molecule has 2 heterocycles. The van der Waals surface area contributed by atoms with Gasteiger partial charge in [-0.2, -0.15) is 0 Å². The van der Waals surface area contributed by atoms with Gasteiger partial charge in [-0.3, -0.25) is 11.1 Å². The molecule has 0 radical (unpaired) electrons. The second kappa shape index (κ2) is 11.2.